The summed E-state index contributed by atoms with van der Waals surface area (Å²) in [6.07, 6.45) is 1.78. The van der Waals surface area contributed by atoms with Crippen molar-refractivity contribution in [1.82, 2.24) is 0 Å². The van der Waals surface area contributed by atoms with Gasteiger partial charge in [-0.15, -0.1) is 0 Å². The van der Waals surface area contributed by atoms with Crippen LogP contribution in [0, 0.1) is 0 Å². The van der Waals surface area contributed by atoms with E-state index >= 15 is 0 Å². The zero-order valence-corrected chi connectivity index (χ0v) is 13.3. The Morgan fingerprint density at radius 3 is 2.68 bits per heavy atom. The molecule has 2 aromatic carbocycles. The van der Waals surface area contributed by atoms with Gasteiger partial charge >= 0.3 is 0 Å². The molecule has 0 aliphatic rings. The molecule has 3 rings (SSSR count). The molecule has 0 spiro atoms. The minimum absolute atomic E-state index is 0.0560. The van der Waals surface area contributed by atoms with Crippen molar-refractivity contribution in [3.05, 3.63) is 65.1 Å². The van der Waals surface area contributed by atoms with E-state index in [9.17, 15) is 0 Å². The van der Waals surface area contributed by atoms with Crippen LogP contribution >= 0.6 is 11.6 Å². The van der Waals surface area contributed by atoms with Crippen molar-refractivity contribution in [2.45, 2.75) is 26.0 Å². The lowest BCUT2D eigenvalue weighted by atomic mass is 10.0. The summed E-state index contributed by atoms with van der Waals surface area (Å²) in [6.45, 7) is 3.96. The van der Waals surface area contributed by atoms with Gasteiger partial charge in [-0.3, -0.25) is 0 Å². The molecule has 1 heterocycles. The van der Waals surface area contributed by atoms with Crippen LogP contribution in [-0.4, -0.2) is 6.10 Å². The van der Waals surface area contributed by atoms with E-state index in [1.807, 2.05) is 50.2 Å². The molecule has 0 saturated carbocycles. The molecule has 0 aliphatic heterocycles. The maximum atomic E-state index is 6.44. The van der Waals surface area contributed by atoms with E-state index in [0.717, 1.165) is 22.1 Å². The second-order valence-electron chi connectivity index (χ2n) is 5.51. The van der Waals surface area contributed by atoms with Gasteiger partial charge in [-0.2, -0.15) is 0 Å². The van der Waals surface area contributed by atoms with E-state index in [-0.39, 0.29) is 6.10 Å². The molecule has 0 aliphatic carbocycles. The fourth-order valence-electron chi connectivity index (χ4n) is 2.52. The summed E-state index contributed by atoms with van der Waals surface area (Å²) in [5.74, 6) is 1.44. The zero-order chi connectivity index (χ0) is 15.7. The highest BCUT2D eigenvalue weighted by Crippen LogP contribution is 2.35. The quantitative estimate of drug-likeness (QED) is 0.743. The van der Waals surface area contributed by atoms with Crippen LogP contribution in [0.5, 0.6) is 5.75 Å². The number of halogens is 1. The van der Waals surface area contributed by atoms with Crippen molar-refractivity contribution in [1.29, 1.82) is 0 Å². The smallest absolute Gasteiger partial charge is 0.132 e. The van der Waals surface area contributed by atoms with E-state index in [1.54, 1.807) is 12.3 Å². The second kappa shape index (κ2) is 6.03. The standard InChI is InChI=1S/C18H18ClNO2/c1-11(2)22-16-8-7-13(19)9-15(16)17(20)18-14-6-4-3-5-12(14)10-21-18/h3-11,17H,20H2,1-2H3. The Labute approximate surface area is 134 Å². The highest BCUT2D eigenvalue weighted by Gasteiger charge is 2.20. The average Bonchev–Trinajstić information content (AvgIpc) is 2.92. The van der Waals surface area contributed by atoms with Gasteiger partial charge in [0.1, 0.15) is 11.5 Å². The Balaban J connectivity index is 2.08. The van der Waals surface area contributed by atoms with Crippen molar-refractivity contribution in [2.75, 3.05) is 0 Å². The molecule has 2 N–H and O–H groups in total. The number of fused-ring (bicyclic) bond motifs is 1. The summed E-state index contributed by atoms with van der Waals surface area (Å²) in [5, 5.41) is 2.66. The second-order valence-corrected chi connectivity index (χ2v) is 5.95. The summed E-state index contributed by atoms with van der Waals surface area (Å²) >= 11 is 6.14. The van der Waals surface area contributed by atoms with Crippen LogP contribution in [0.1, 0.15) is 31.2 Å². The molecule has 114 valence electrons. The maximum absolute atomic E-state index is 6.44. The van der Waals surface area contributed by atoms with Crippen molar-refractivity contribution < 1.29 is 9.15 Å². The molecule has 0 bridgehead atoms. The van der Waals surface area contributed by atoms with Crippen LogP contribution in [0.25, 0.3) is 10.8 Å². The third-order valence-corrected chi connectivity index (χ3v) is 3.73. The molecule has 1 aromatic heterocycles. The fourth-order valence-corrected chi connectivity index (χ4v) is 2.70. The van der Waals surface area contributed by atoms with E-state index in [2.05, 4.69) is 0 Å². The van der Waals surface area contributed by atoms with Crippen molar-refractivity contribution >= 4 is 22.4 Å². The van der Waals surface area contributed by atoms with Crippen LogP contribution in [0.2, 0.25) is 5.02 Å². The number of hydrogen-bond acceptors (Lipinski definition) is 3. The highest BCUT2D eigenvalue weighted by atomic mass is 35.5. The van der Waals surface area contributed by atoms with Gasteiger partial charge in [-0.25, -0.2) is 0 Å². The first-order chi connectivity index (χ1) is 10.6. The van der Waals surface area contributed by atoms with Crippen LogP contribution in [0.3, 0.4) is 0 Å². The van der Waals surface area contributed by atoms with Crippen molar-refractivity contribution in [3.8, 4) is 5.75 Å². The first-order valence-corrected chi connectivity index (χ1v) is 7.62. The molecule has 1 atom stereocenters. The lowest BCUT2D eigenvalue weighted by Crippen LogP contribution is -2.15. The van der Waals surface area contributed by atoms with Crippen LogP contribution in [0.15, 0.2) is 53.1 Å². The lowest BCUT2D eigenvalue weighted by molar-refractivity contribution is 0.239. The van der Waals surface area contributed by atoms with Crippen LogP contribution < -0.4 is 10.5 Å². The van der Waals surface area contributed by atoms with E-state index in [0.29, 0.717) is 10.8 Å². The molecule has 1 unspecified atom stereocenters. The number of furan rings is 1. The summed E-state index contributed by atoms with van der Waals surface area (Å²) in [5.41, 5.74) is 7.26. The Hall–Kier alpha value is -1.97. The summed E-state index contributed by atoms with van der Waals surface area (Å²) in [6, 6.07) is 13.0. The lowest BCUT2D eigenvalue weighted by Gasteiger charge is -2.18. The van der Waals surface area contributed by atoms with Gasteiger partial charge < -0.3 is 14.9 Å². The Kier molecular flexibility index (Phi) is 4.10. The zero-order valence-electron chi connectivity index (χ0n) is 12.5. The average molecular weight is 316 g/mol. The number of hydrogen-bond donors (Lipinski definition) is 1. The molecule has 0 saturated heterocycles. The summed E-state index contributed by atoms with van der Waals surface area (Å²) in [7, 11) is 0. The van der Waals surface area contributed by atoms with Crippen LogP contribution in [-0.2, 0) is 0 Å². The minimum Gasteiger partial charge on any atom is -0.491 e. The van der Waals surface area contributed by atoms with Crippen molar-refractivity contribution in [2.24, 2.45) is 5.73 Å². The van der Waals surface area contributed by atoms with Gasteiger partial charge in [0, 0.05) is 21.4 Å². The number of rotatable bonds is 4. The first kappa shape index (κ1) is 14.9. The van der Waals surface area contributed by atoms with Gasteiger partial charge in [0.05, 0.1) is 18.4 Å². The topological polar surface area (TPSA) is 48.4 Å². The SMILES string of the molecule is CC(C)Oc1ccc(Cl)cc1C(N)c1occ2ccccc12. The number of ether oxygens (including phenoxy) is 1. The van der Waals surface area contributed by atoms with Gasteiger partial charge in [-0.1, -0.05) is 35.9 Å². The predicted octanol–water partition coefficient (Wildman–Crippen LogP) is 4.92. The summed E-state index contributed by atoms with van der Waals surface area (Å²) < 4.78 is 11.6. The maximum Gasteiger partial charge on any atom is 0.132 e. The van der Waals surface area contributed by atoms with Gasteiger partial charge in [0.2, 0.25) is 0 Å². The minimum atomic E-state index is -0.438. The van der Waals surface area contributed by atoms with Crippen LogP contribution in [0.4, 0.5) is 0 Å². The molecule has 0 amide bonds. The summed E-state index contributed by atoms with van der Waals surface area (Å²) in [4.78, 5) is 0. The van der Waals surface area contributed by atoms with Crippen molar-refractivity contribution in [3.63, 3.8) is 0 Å². The molecule has 3 aromatic rings. The van der Waals surface area contributed by atoms with E-state index < -0.39 is 6.04 Å². The Morgan fingerprint density at radius 2 is 1.91 bits per heavy atom. The third-order valence-electron chi connectivity index (χ3n) is 3.49. The van der Waals surface area contributed by atoms with Gasteiger partial charge in [0.15, 0.2) is 0 Å². The molecule has 0 radical (unpaired) electrons. The first-order valence-electron chi connectivity index (χ1n) is 7.24. The number of nitrogens with two attached hydrogens (primary N) is 1. The largest absolute Gasteiger partial charge is 0.491 e. The van der Waals surface area contributed by atoms with E-state index in [1.165, 1.54) is 0 Å². The highest BCUT2D eigenvalue weighted by molar-refractivity contribution is 6.30. The molecule has 3 nitrogen and oxygen atoms in total. The molecule has 4 heteroatoms. The van der Waals surface area contributed by atoms with Gasteiger partial charge in [0.25, 0.3) is 0 Å². The molecular weight excluding hydrogens is 298 g/mol. The molecule has 22 heavy (non-hydrogen) atoms. The van der Waals surface area contributed by atoms with E-state index in [4.69, 9.17) is 26.5 Å². The fraction of sp³-hybridized carbons (Fsp3) is 0.222. The van der Waals surface area contributed by atoms with Gasteiger partial charge in [-0.05, 0) is 32.0 Å². The third kappa shape index (κ3) is 2.82. The molecule has 0 fully saturated rings. The predicted molar refractivity (Wildman–Crippen MR) is 89.5 cm³/mol. The number of benzene rings is 2. The monoisotopic (exact) mass is 315 g/mol. The Morgan fingerprint density at radius 1 is 1.14 bits per heavy atom. The normalized spacial score (nSPS) is 12.8. The molecular formula is C18H18ClNO2. The Bertz CT molecular complexity index is 795.